The van der Waals surface area contributed by atoms with Gasteiger partial charge in [0.25, 0.3) is 0 Å². The Balaban J connectivity index is 2.87. The van der Waals surface area contributed by atoms with Gasteiger partial charge in [-0.25, -0.2) is 14.4 Å². The lowest BCUT2D eigenvalue weighted by Gasteiger charge is -2.18. The summed E-state index contributed by atoms with van der Waals surface area (Å²) in [6.45, 7) is 19.3. The Kier molecular flexibility index (Phi) is 11.5. The number of esters is 3. The van der Waals surface area contributed by atoms with Gasteiger partial charge in [0, 0.05) is 22.6 Å². The van der Waals surface area contributed by atoms with Crippen molar-refractivity contribution in [3.63, 3.8) is 0 Å². The first-order valence-corrected chi connectivity index (χ1v) is 10.9. The minimum atomic E-state index is -0.482. The molecule has 0 saturated heterocycles. The highest BCUT2D eigenvalue weighted by molar-refractivity contribution is 5.88. The summed E-state index contributed by atoms with van der Waals surface area (Å²) >= 11 is 0. The van der Waals surface area contributed by atoms with E-state index >= 15 is 0 Å². The maximum absolute atomic E-state index is 11.8. The van der Waals surface area contributed by atoms with Crippen LogP contribution in [0.5, 0.6) is 0 Å². The zero-order chi connectivity index (χ0) is 25.8. The highest BCUT2D eigenvalue weighted by Gasteiger charge is 2.17. The molecular weight excluding hydrogens is 432 g/mol. The molecule has 0 atom stereocenters. The number of hydrogen-bond donors (Lipinski definition) is 0. The van der Waals surface area contributed by atoms with Crippen LogP contribution in [-0.4, -0.2) is 31.1 Å². The fourth-order valence-electron chi connectivity index (χ4n) is 2.64. The van der Waals surface area contributed by atoms with Gasteiger partial charge in [0.1, 0.15) is 5.76 Å². The van der Waals surface area contributed by atoms with Crippen LogP contribution in [0.4, 0.5) is 0 Å². The number of hydrogen-bond acceptors (Lipinski definition) is 6. The van der Waals surface area contributed by atoms with Crippen LogP contribution < -0.4 is 0 Å². The maximum Gasteiger partial charge on any atom is 0.338 e. The predicted octanol–water partition coefficient (Wildman–Crippen LogP) is 5.51. The highest BCUT2D eigenvalue weighted by atomic mass is 16.5. The molecule has 0 amide bonds. The van der Waals surface area contributed by atoms with E-state index in [-0.39, 0.29) is 19.1 Å². The molecule has 0 aliphatic carbocycles. The Bertz CT molecular complexity index is 978. The number of rotatable bonds is 12. The minimum Gasteiger partial charge on any atom is -0.462 e. The lowest BCUT2D eigenvalue weighted by molar-refractivity contribution is -0.144. The van der Waals surface area contributed by atoms with Crippen molar-refractivity contribution in [2.45, 2.75) is 41.0 Å². The van der Waals surface area contributed by atoms with Crippen molar-refractivity contribution < 1.29 is 28.6 Å². The third-order valence-electron chi connectivity index (χ3n) is 4.70. The molecule has 0 radical (unpaired) electrons. The molecule has 0 bridgehead atoms. The molecule has 34 heavy (non-hydrogen) atoms. The van der Waals surface area contributed by atoms with Gasteiger partial charge in [0.2, 0.25) is 0 Å². The lowest BCUT2D eigenvalue weighted by Crippen LogP contribution is -2.23. The maximum atomic E-state index is 11.8. The topological polar surface area (TPSA) is 78.9 Å². The number of carbonyl (C=O) groups is 3. The molecule has 0 saturated carbocycles. The first-order chi connectivity index (χ1) is 15.9. The average molecular weight is 467 g/mol. The van der Waals surface area contributed by atoms with Crippen molar-refractivity contribution in [2.24, 2.45) is 5.92 Å². The Morgan fingerprint density at radius 1 is 0.765 bits per heavy atom. The fraction of sp³-hybridized carbons (Fsp3) is 0.321. The Hall–Kier alpha value is -3.67. The van der Waals surface area contributed by atoms with E-state index < -0.39 is 17.9 Å². The molecule has 1 aromatic carbocycles. The third kappa shape index (κ3) is 10.3. The monoisotopic (exact) mass is 466 g/mol. The zero-order valence-electron chi connectivity index (χ0n) is 20.7. The molecule has 182 valence electrons. The SMILES string of the molecule is C=C(C)C(=O)OCC(COC(=O)C(=C)C)Cc1ccc(/C(C)=C/C=C(\C)OC(=O)C(=C)C)cc1. The van der Waals surface area contributed by atoms with E-state index in [1.807, 2.05) is 37.3 Å². The van der Waals surface area contributed by atoms with Gasteiger partial charge < -0.3 is 14.2 Å². The van der Waals surface area contributed by atoms with Crippen LogP contribution >= 0.6 is 0 Å². The van der Waals surface area contributed by atoms with Crippen molar-refractivity contribution in [1.82, 2.24) is 0 Å². The van der Waals surface area contributed by atoms with E-state index in [0.29, 0.717) is 28.9 Å². The zero-order valence-corrected chi connectivity index (χ0v) is 20.7. The van der Waals surface area contributed by atoms with E-state index in [1.165, 1.54) is 0 Å². The summed E-state index contributed by atoms with van der Waals surface area (Å²) in [6, 6.07) is 7.89. The normalized spacial score (nSPS) is 11.6. The average Bonchev–Trinajstić information content (AvgIpc) is 2.78. The molecule has 0 aromatic heterocycles. The van der Waals surface area contributed by atoms with E-state index in [0.717, 1.165) is 16.7 Å². The fourth-order valence-corrected chi connectivity index (χ4v) is 2.64. The molecule has 0 unspecified atom stereocenters. The molecule has 0 aliphatic heterocycles. The van der Waals surface area contributed by atoms with E-state index in [2.05, 4.69) is 19.7 Å². The summed E-state index contributed by atoms with van der Waals surface area (Å²) in [4.78, 5) is 35.1. The molecule has 1 aromatic rings. The number of allylic oxidation sites excluding steroid dienone is 4. The molecule has 0 heterocycles. The number of ether oxygens (including phenoxy) is 3. The van der Waals surface area contributed by atoms with Crippen LogP contribution in [0.15, 0.2) is 78.6 Å². The first-order valence-electron chi connectivity index (χ1n) is 10.9. The first kappa shape index (κ1) is 28.4. The van der Waals surface area contributed by atoms with Gasteiger partial charge in [-0.15, -0.1) is 0 Å². The summed E-state index contributed by atoms with van der Waals surface area (Å²) < 4.78 is 15.7. The van der Waals surface area contributed by atoms with Gasteiger partial charge >= 0.3 is 17.9 Å². The van der Waals surface area contributed by atoms with Gasteiger partial charge in [0.05, 0.1) is 13.2 Å². The number of carbonyl (C=O) groups excluding carboxylic acids is 3. The molecule has 0 fully saturated rings. The summed E-state index contributed by atoms with van der Waals surface area (Å²) in [7, 11) is 0. The highest BCUT2D eigenvalue weighted by Crippen LogP contribution is 2.18. The summed E-state index contributed by atoms with van der Waals surface area (Å²) in [5.41, 5.74) is 3.94. The van der Waals surface area contributed by atoms with Crippen molar-refractivity contribution in [3.8, 4) is 0 Å². The van der Waals surface area contributed by atoms with E-state index in [9.17, 15) is 14.4 Å². The summed E-state index contributed by atoms with van der Waals surface area (Å²) in [6.07, 6.45) is 4.14. The second kappa shape index (κ2) is 13.8. The Morgan fingerprint density at radius 3 is 1.68 bits per heavy atom. The van der Waals surface area contributed by atoms with Crippen LogP contribution in [0.25, 0.3) is 5.57 Å². The van der Waals surface area contributed by atoms with Crippen molar-refractivity contribution in [2.75, 3.05) is 13.2 Å². The standard InChI is InChI=1S/C28H34O6/c1-18(2)26(29)32-16-24(17-33-27(30)19(3)4)15-23-11-13-25(14-12-23)21(7)9-10-22(8)34-28(31)20(5)6/h9-14,24H,1,3,5,15-17H2,2,4,6-8H3/b21-9+,22-10+. The van der Waals surface area contributed by atoms with Gasteiger partial charge in [-0.2, -0.15) is 0 Å². The van der Waals surface area contributed by atoms with Gasteiger partial charge in [-0.05, 0) is 63.8 Å². The lowest BCUT2D eigenvalue weighted by atomic mass is 9.98. The molecule has 6 nitrogen and oxygen atoms in total. The smallest absolute Gasteiger partial charge is 0.338 e. The Morgan fingerprint density at radius 2 is 1.24 bits per heavy atom. The van der Waals surface area contributed by atoms with Crippen LogP contribution in [0, 0.1) is 5.92 Å². The molecule has 0 spiro atoms. The third-order valence-corrected chi connectivity index (χ3v) is 4.70. The van der Waals surface area contributed by atoms with Crippen LogP contribution in [0.2, 0.25) is 0 Å². The molecular formula is C28H34O6. The van der Waals surface area contributed by atoms with Crippen molar-refractivity contribution in [1.29, 1.82) is 0 Å². The van der Waals surface area contributed by atoms with Gasteiger partial charge in [-0.3, -0.25) is 0 Å². The second-order valence-electron chi connectivity index (χ2n) is 8.32. The Labute approximate surface area is 202 Å². The van der Waals surface area contributed by atoms with Crippen LogP contribution in [0.3, 0.4) is 0 Å². The molecule has 1 rings (SSSR count). The van der Waals surface area contributed by atoms with Crippen molar-refractivity contribution >= 4 is 23.5 Å². The number of benzene rings is 1. The summed E-state index contributed by atoms with van der Waals surface area (Å²) in [5, 5.41) is 0. The minimum absolute atomic E-state index is 0.100. The quantitative estimate of drug-likeness (QED) is 0.133. The van der Waals surface area contributed by atoms with Gasteiger partial charge in [-0.1, -0.05) is 50.1 Å². The van der Waals surface area contributed by atoms with E-state index in [1.54, 1.807) is 33.8 Å². The van der Waals surface area contributed by atoms with Crippen LogP contribution in [-0.2, 0) is 35.0 Å². The summed E-state index contributed by atoms with van der Waals surface area (Å²) in [5.74, 6) is -1.17. The van der Waals surface area contributed by atoms with Gasteiger partial charge in [0.15, 0.2) is 0 Å². The van der Waals surface area contributed by atoms with Crippen LogP contribution in [0.1, 0.15) is 45.7 Å². The largest absolute Gasteiger partial charge is 0.462 e. The van der Waals surface area contributed by atoms with E-state index in [4.69, 9.17) is 14.2 Å². The molecule has 0 N–H and O–H groups in total. The molecule has 6 heteroatoms. The molecule has 0 aliphatic rings. The second-order valence-corrected chi connectivity index (χ2v) is 8.32. The van der Waals surface area contributed by atoms with Crippen molar-refractivity contribution in [3.05, 3.63) is 89.8 Å². The predicted molar refractivity (Wildman–Crippen MR) is 133 cm³/mol.